The summed E-state index contributed by atoms with van der Waals surface area (Å²) in [5.41, 5.74) is -4.54. The highest BCUT2D eigenvalue weighted by Crippen LogP contribution is 2.26. The van der Waals surface area contributed by atoms with Crippen LogP contribution in [-0.4, -0.2) is 49.6 Å². The Morgan fingerprint density at radius 2 is 1.76 bits per heavy atom. The van der Waals surface area contributed by atoms with E-state index in [1.807, 2.05) is 44.4 Å². The number of benzene rings is 1. The zero-order chi connectivity index (χ0) is 19.9. The molecule has 1 rings (SSSR count). The van der Waals surface area contributed by atoms with Gasteiger partial charge in [-0.05, 0) is 19.1 Å². The molecule has 0 bridgehead atoms. The van der Waals surface area contributed by atoms with Crippen molar-refractivity contribution in [1.29, 1.82) is 0 Å². The van der Waals surface area contributed by atoms with Crippen molar-refractivity contribution in [1.82, 2.24) is 0 Å². The van der Waals surface area contributed by atoms with E-state index in [1.54, 1.807) is 0 Å². The molecule has 1 unspecified atom stereocenters. The number of halogens is 3. The number of hydrogen-bond acceptors (Lipinski definition) is 4. The fourth-order valence-electron chi connectivity index (χ4n) is 1.56. The number of ether oxygens (including phenoxy) is 1. The third kappa shape index (κ3) is 7.67. The minimum Gasteiger partial charge on any atom is -0.405 e. The lowest BCUT2D eigenvalue weighted by Crippen LogP contribution is -2.44. The predicted molar refractivity (Wildman–Crippen MR) is 85.7 cm³/mol. The van der Waals surface area contributed by atoms with Crippen LogP contribution in [0.4, 0.5) is 13.2 Å². The summed E-state index contributed by atoms with van der Waals surface area (Å²) in [5.74, 6) is -0.390. The Morgan fingerprint density at radius 3 is 2.08 bits per heavy atom. The van der Waals surface area contributed by atoms with Gasteiger partial charge in [-0.25, -0.2) is 4.79 Å². The van der Waals surface area contributed by atoms with Crippen molar-refractivity contribution in [2.45, 2.75) is 18.7 Å². The zero-order valence-electron chi connectivity index (χ0n) is 14.0. The van der Waals surface area contributed by atoms with Gasteiger partial charge in [0.15, 0.2) is 0 Å². The first-order valence-electron chi connectivity index (χ1n) is 7.00. The molecule has 142 valence electrons. The van der Waals surface area contributed by atoms with Crippen LogP contribution in [0.25, 0.3) is 0 Å². The molecule has 0 aliphatic heterocycles. The van der Waals surface area contributed by atoms with E-state index in [2.05, 4.69) is 13.5 Å². The maximum Gasteiger partial charge on any atom is 0.522 e. The van der Waals surface area contributed by atoms with E-state index in [0.717, 1.165) is 12.1 Å². The van der Waals surface area contributed by atoms with E-state index >= 15 is 0 Å². The molecule has 0 aromatic heterocycles. The van der Waals surface area contributed by atoms with Gasteiger partial charge < -0.3 is 4.74 Å². The monoisotopic (exact) mass is 384 g/mol. The van der Waals surface area contributed by atoms with E-state index in [4.69, 9.17) is 17.7 Å². The molecule has 0 saturated heterocycles. The quantitative estimate of drug-likeness (QED) is 0.211. The summed E-state index contributed by atoms with van der Waals surface area (Å²) in [7, 11) is -1.77. The molecule has 0 saturated carbocycles. The van der Waals surface area contributed by atoms with Crippen LogP contribution in [0, 0.1) is 0 Å². The number of carbonyl (C=O) groups excluding carboxylic acids is 1. The molecule has 0 aliphatic carbocycles. The van der Waals surface area contributed by atoms with Gasteiger partial charge in [-0.3, -0.25) is 9.04 Å². The lowest BCUT2D eigenvalue weighted by molar-refractivity contribution is -0.940. The van der Waals surface area contributed by atoms with Gasteiger partial charge in [-0.2, -0.15) is 21.6 Å². The summed E-state index contributed by atoms with van der Waals surface area (Å²) in [6, 6.07) is 9.77. The second-order valence-corrected chi connectivity index (χ2v) is 6.83. The summed E-state index contributed by atoms with van der Waals surface area (Å²) in [6.45, 7) is 6.37. The van der Waals surface area contributed by atoms with Crippen molar-refractivity contribution < 1.29 is 40.2 Å². The number of rotatable bonds is 5. The van der Waals surface area contributed by atoms with Crippen LogP contribution in [-0.2, 0) is 19.6 Å². The first kappa shape index (κ1) is 23.1. The molecular weight excluding hydrogens is 363 g/mol. The van der Waals surface area contributed by atoms with Gasteiger partial charge in [-0.15, -0.1) is 0 Å². The highest BCUT2D eigenvalue weighted by Gasteiger charge is 2.44. The molecular formula is C15H21F3NO5S+. The number of alkyl halides is 3. The van der Waals surface area contributed by atoms with Crippen LogP contribution in [0.5, 0.6) is 0 Å². The summed E-state index contributed by atoms with van der Waals surface area (Å²) >= 11 is 0. The van der Waals surface area contributed by atoms with Crippen molar-refractivity contribution in [2.24, 2.45) is 0 Å². The highest BCUT2D eigenvalue weighted by molar-refractivity contribution is 7.86. The molecule has 0 radical (unpaired) electrons. The van der Waals surface area contributed by atoms with Crippen molar-refractivity contribution >= 4 is 16.1 Å². The Labute approximate surface area is 144 Å². The fraction of sp³-hybridized carbons (Fsp3) is 0.400. The second-order valence-electron chi connectivity index (χ2n) is 5.42. The number of esters is 1. The number of carbonyl (C=O) groups is 1. The lowest BCUT2D eigenvalue weighted by Gasteiger charge is -2.35. The lowest BCUT2D eigenvalue weighted by atomic mass is 10.1. The summed E-state index contributed by atoms with van der Waals surface area (Å²) in [5, 5.41) is 0. The average Bonchev–Trinajstić information content (AvgIpc) is 2.51. The minimum absolute atomic E-state index is 0.299. The molecule has 0 spiro atoms. The summed E-state index contributed by atoms with van der Waals surface area (Å²) < 4.78 is 63.6. The van der Waals surface area contributed by atoms with Crippen LogP contribution >= 0.6 is 0 Å². The van der Waals surface area contributed by atoms with E-state index in [9.17, 15) is 18.0 Å². The van der Waals surface area contributed by atoms with Crippen LogP contribution in [0.1, 0.15) is 18.7 Å². The minimum atomic E-state index is -5.84. The maximum absolute atomic E-state index is 11.4. The Bertz CT molecular complexity index is 672. The first-order valence-corrected chi connectivity index (χ1v) is 8.44. The first-order chi connectivity index (χ1) is 11.3. The van der Waals surface area contributed by atoms with Gasteiger partial charge in [-0.1, -0.05) is 24.8 Å². The third-order valence-corrected chi connectivity index (χ3v) is 3.81. The third-order valence-electron chi connectivity index (χ3n) is 3.22. The van der Waals surface area contributed by atoms with E-state index in [0.29, 0.717) is 4.48 Å². The molecule has 1 N–H and O–H groups in total. The van der Waals surface area contributed by atoms with Crippen LogP contribution in [0.3, 0.4) is 0 Å². The zero-order valence-corrected chi connectivity index (χ0v) is 14.8. The molecule has 1 aromatic carbocycles. The SMILES string of the molecule is C=CC(=O)OC(c1ccccc1)[N+](C)(C)CC.O=S(=O)(O)C(F)(F)F. The van der Waals surface area contributed by atoms with Gasteiger partial charge >= 0.3 is 21.6 Å². The number of hydrogen-bond donors (Lipinski definition) is 1. The summed E-state index contributed by atoms with van der Waals surface area (Å²) in [6.07, 6.45) is 0.901. The standard InChI is InChI=1S/C14H20NO2.CHF3O3S/c1-5-13(16)17-14(15(3,4)6-2)12-10-8-7-9-11-12;2-1(3,4)8(5,6)7/h5,7-11,14H,1,6H2,2-4H3;(H,5,6,7)/q+1;. The maximum atomic E-state index is 11.4. The number of quaternary nitrogens is 1. The molecule has 25 heavy (non-hydrogen) atoms. The Morgan fingerprint density at radius 1 is 1.32 bits per heavy atom. The Hall–Kier alpha value is -1.91. The fourth-order valence-corrected chi connectivity index (χ4v) is 1.56. The molecule has 10 heteroatoms. The van der Waals surface area contributed by atoms with Gasteiger partial charge in [0.1, 0.15) is 0 Å². The molecule has 0 aliphatic rings. The average molecular weight is 384 g/mol. The Balaban J connectivity index is 0.000000609. The van der Waals surface area contributed by atoms with Crippen LogP contribution < -0.4 is 0 Å². The van der Waals surface area contributed by atoms with E-state index in [1.165, 1.54) is 6.08 Å². The van der Waals surface area contributed by atoms with Gasteiger partial charge in [0.05, 0.1) is 26.2 Å². The van der Waals surface area contributed by atoms with E-state index < -0.39 is 21.6 Å². The second kappa shape index (κ2) is 8.97. The van der Waals surface area contributed by atoms with Crippen LogP contribution in [0.2, 0.25) is 0 Å². The van der Waals surface area contributed by atoms with Crippen LogP contribution in [0.15, 0.2) is 43.0 Å². The van der Waals surface area contributed by atoms with Gasteiger partial charge in [0.25, 0.3) is 6.23 Å². The van der Waals surface area contributed by atoms with Crippen molar-refractivity contribution in [3.05, 3.63) is 48.6 Å². The molecule has 1 atom stereocenters. The van der Waals surface area contributed by atoms with Gasteiger partial charge in [0.2, 0.25) is 0 Å². The normalized spacial score (nSPS) is 13.2. The topological polar surface area (TPSA) is 80.7 Å². The van der Waals surface area contributed by atoms with Crippen molar-refractivity contribution in [3.8, 4) is 0 Å². The predicted octanol–water partition coefficient (Wildman–Crippen LogP) is 2.90. The largest absolute Gasteiger partial charge is 0.522 e. The van der Waals surface area contributed by atoms with Crippen molar-refractivity contribution in [2.75, 3.05) is 20.6 Å². The van der Waals surface area contributed by atoms with Crippen molar-refractivity contribution in [3.63, 3.8) is 0 Å². The van der Waals surface area contributed by atoms with Gasteiger partial charge in [0, 0.05) is 6.08 Å². The molecule has 6 nitrogen and oxygen atoms in total. The smallest absolute Gasteiger partial charge is 0.405 e. The highest BCUT2D eigenvalue weighted by atomic mass is 32.2. The molecule has 0 heterocycles. The Kier molecular flexibility index (Phi) is 8.29. The molecule has 0 fully saturated rings. The summed E-state index contributed by atoms with van der Waals surface area (Å²) in [4.78, 5) is 11.4. The molecule has 1 aromatic rings. The number of nitrogens with zero attached hydrogens (tertiary/aromatic N) is 1. The molecule has 0 amide bonds. The van der Waals surface area contributed by atoms with E-state index in [-0.39, 0.29) is 6.23 Å².